The van der Waals surface area contributed by atoms with Gasteiger partial charge in [0, 0.05) is 29.3 Å². The fraction of sp³-hybridized carbons (Fsp3) is 0.214. The largest absolute Gasteiger partial charge is 0.573 e. The zero-order chi connectivity index (χ0) is 27.6. The number of rotatable bonds is 9. The van der Waals surface area contributed by atoms with Crippen molar-refractivity contribution in [1.82, 2.24) is 4.57 Å². The summed E-state index contributed by atoms with van der Waals surface area (Å²) in [6.07, 6.45) is -5.95. The predicted octanol–water partition coefficient (Wildman–Crippen LogP) is 5.99. The van der Waals surface area contributed by atoms with E-state index in [2.05, 4.69) is 4.74 Å². The second kappa shape index (κ2) is 10.5. The lowest BCUT2D eigenvalue weighted by Gasteiger charge is -2.14. The standard InChI is InChI=1S/C28H24F3NO6/c1-16-25(26(33)19-7-9-20(36-3)10-8-19)23-12-11-22(38-28(29,30)31)14-24(23)32(16)15-18-5-4-6-21(13-18)37-17(2)27(34)35/h4-14,17H,15H2,1-3H3,(H,34,35)/t17-/m1/s1. The molecule has 198 valence electrons. The maximum Gasteiger partial charge on any atom is 0.573 e. The second-order valence-corrected chi connectivity index (χ2v) is 8.58. The van der Waals surface area contributed by atoms with E-state index < -0.39 is 24.2 Å². The number of halogens is 3. The zero-order valence-corrected chi connectivity index (χ0v) is 20.7. The monoisotopic (exact) mass is 527 g/mol. The van der Waals surface area contributed by atoms with Crippen LogP contribution in [0.1, 0.15) is 34.1 Å². The summed E-state index contributed by atoms with van der Waals surface area (Å²) in [5.74, 6) is -0.942. The summed E-state index contributed by atoms with van der Waals surface area (Å²) in [7, 11) is 1.51. The summed E-state index contributed by atoms with van der Waals surface area (Å²) >= 11 is 0. The molecule has 0 saturated carbocycles. The van der Waals surface area contributed by atoms with E-state index in [4.69, 9.17) is 14.6 Å². The first-order valence-corrected chi connectivity index (χ1v) is 11.5. The Kier molecular flexibility index (Phi) is 7.34. The molecular weight excluding hydrogens is 503 g/mol. The van der Waals surface area contributed by atoms with Crippen molar-refractivity contribution in [2.24, 2.45) is 0 Å². The number of nitrogens with zero attached hydrogens (tertiary/aromatic N) is 1. The number of aromatic nitrogens is 1. The number of aliphatic carboxylic acids is 1. The van der Waals surface area contributed by atoms with E-state index in [-0.39, 0.29) is 12.3 Å². The summed E-state index contributed by atoms with van der Waals surface area (Å²) in [5, 5.41) is 9.59. The maximum atomic E-state index is 13.6. The van der Waals surface area contributed by atoms with Gasteiger partial charge in [0.05, 0.1) is 18.2 Å². The number of alkyl halides is 3. The Labute approximate surface area is 216 Å². The number of ketones is 1. The lowest BCUT2D eigenvalue weighted by atomic mass is 10.0. The van der Waals surface area contributed by atoms with E-state index in [1.165, 1.54) is 32.2 Å². The van der Waals surface area contributed by atoms with Gasteiger partial charge in [-0.05, 0) is 67.9 Å². The summed E-state index contributed by atoms with van der Waals surface area (Å²) in [6.45, 7) is 3.29. The molecule has 0 aliphatic heterocycles. The van der Waals surface area contributed by atoms with Crippen LogP contribution in [0.5, 0.6) is 17.2 Å². The molecule has 0 bridgehead atoms. The van der Waals surface area contributed by atoms with E-state index in [0.29, 0.717) is 44.8 Å². The molecule has 0 aliphatic carbocycles. The average molecular weight is 527 g/mol. The molecule has 3 aromatic carbocycles. The molecule has 10 heteroatoms. The van der Waals surface area contributed by atoms with E-state index in [0.717, 1.165) is 0 Å². The third kappa shape index (κ3) is 5.74. The van der Waals surface area contributed by atoms with Crippen LogP contribution in [0, 0.1) is 6.92 Å². The molecule has 0 saturated heterocycles. The fourth-order valence-electron chi connectivity index (χ4n) is 4.19. The van der Waals surface area contributed by atoms with Crippen LogP contribution < -0.4 is 14.2 Å². The Morgan fingerprint density at radius 2 is 1.66 bits per heavy atom. The van der Waals surface area contributed by atoms with E-state index >= 15 is 0 Å². The third-order valence-corrected chi connectivity index (χ3v) is 6.01. The smallest absolute Gasteiger partial charge is 0.497 e. The van der Waals surface area contributed by atoms with E-state index in [9.17, 15) is 22.8 Å². The molecule has 0 aliphatic rings. The lowest BCUT2D eigenvalue weighted by molar-refractivity contribution is -0.274. The molecule has 1 aromatic heterocycles. The highest BCUT2D eigenvalue weighted by atomic mass is 19.4. The molecule has 0 amide bonds. The van der Waals surface area contributed by atoms with Gasteiger partial charge in [0.15, 0.2) is 11.9 Å². The molecule has 0 unspecified atom stereocenters. The Hall–Kier alpha value is -4.47. The van der Waals surface area contributed by atoms with Gasteiger partial charge in [0.1, 0.15) is 17.2 Å². The van der Waals surface area contributed by atoms with E-state index in [1.54, 1.807) is 60.0 Å². The van der Waals surface area contributed by atoms with Crippen molar-refractivity contribution < 1.29 is 42.1 Å². The third-order valence-electron chi connectivity index (χ3n) is 6.01. The van der Waals surface area contributed by atoms with Gasteiger partial charge in [0.2, 0.25) is 0 Å². The first kappa shape index (κ1) is 26.6. The molecule has 38 heavy (non-hydrogen) atoms. The number of carboxylic acid groups (broad SMARTS) is 1. The Bertz CT molecular complexity index is 1490. The minimum atomic E-state index is -4.88. The first-order chi connectivity index (χ1) is 18.0. The number of carbonyl (C=O) groups is 2. The molecule has 7 nitrogen and oxygen atoms in total. The molecule has 4 aromatic rings. The highest BCUT2D eigenvalue weighted by molar-refractivity contribution is 6.17. The van der Waals surface area contributed by atoms with Crippen LogP contribution in [0.15, 0.2) is 66.7 Å². The predicted molar refractivity (Wildman–Crippen MR) is 133 cm³/mol. The molecule has 0 fully saturated rings. The normalized spacial score (nSPS) is 12.3. The van der Waals surface area contributed by atoms with Crippen molar-refractivity contribution in [2.45, 2.75) is 32.9 Å². The quantitative estimate of drug-likeness (QED) is 0.269. The van der Waals surface area contributed by atoms with Crippen molar-refractivity contribution in [3.63, 3.8) is 0 Å². The first-order valence-electron chi connectivity index (χ1n) is 11.5. The van der Waals surface area contributed by atoms with Gasteiger partial charge in [-0.1, -0.05) is 12.1 Å². The Balaban J connectivity index is 1.80. The van der Waals surface area contributed by atoms with Crippen LogP contribution >= 0.6 is 0 Å². The number of carboxylic acids is 1. The van der Waals surface area contributed by atoms with Gasteiger partial charge in [-0.25, -0.2) is 4.79 Å². The summed E-state index contributed by atoms with van der Waals surface area (Å²) in [5.41, 5.74) is 2.32. The number of hydrogen-bond donors (Lipinski definition) is 1. The summed E-state index contributed by atoms with van der Waals surface area (Å²) < 4.78 is 55.3. The second-order valence-electron chi connectivity index (χ2n) is 8.58. The Morgan fingerprint density at radius 3 is 2.29 bits per heavy atom. The highest BCUT2D eigenvalue weighted by Crippen LogP contribution is 2.34. The van der Waals surface area contributed by atoms with Gasteiger partial charge in [0.25, 0.3) is 0 Å². The van der Waals surface area contributed by atoms with Crippen LogP contribution in [0.2, 0.25) is 0 Å². The number of fused-ring (bicyclic) bond motifs is 1. The molecule has 0 spiro atoms. The van der Waals surface area contributed by atoms with Gasteiger partial charge in [-0.15, -0.1) is 13.2 Å². The van der Waals surface area contributed by atoms with Gasteiger partial charge >= 0.3 is 12.3 Å². The minimum absolute atomic E-state index is 0.173. The number of hydrogen-bond acceptors (Lipinski definition) is 5. The molecule has 4 rings (SSSR count). The highest BCUT2D eigenvalue weighted by Gasteiger charge is 2.32. The molecule has 1 heterocycles. The number of methoxy groups -OCH3 is 1. The number of benzene rings is 3. The van der Waals surface area contributed by atoms with Gasteiger partial charge in [-0.2, -0.15) is 0 Å². The van der Waals surface area contributed by atoms with Crippen LogP contribution in [-0.4, -0.2) is 41.0 Å². The van der Waals surface area contributed by atoms with Gasteiger partial charge in [-0.3, -0.25) is 4.79 Å². The van der Waals surface area contributed by atoms with Crippen molar-refractivity contribution >= 4 is 22.7 Å². The zero-order valence-electron chi connectivity index (χ0n) is 20.7. The SMILES string of the molecule is COc1ccc(C(=O)c2c(C)n(Cc3cccc(O[C@H](C)C(=O)O)c3)c3cc(OC(F)(F)F)ccc23)cc1. The molecule has 1 N–H and O–H groups in total. The van der Waals surface area contributed by atoms with Crippen molar-refractivity contribution in [1.29, 1.82) is 0 Å². The lowest BCUT2D eigenvalue weighted by Crippen LogP contribution is -2.22. The van der Waals surface area contributed by atoms with Crippen LogP contribution in [-0.2, 0) is 11.3 Å². The topological polar surface area (TPSA) is 87.0 Å². The Morgan fingerprint density at radius 1 is 0.974 bits per heavy atom. The maximum absolute atomic E-state index is 13.6. The van der Waals surface area contributed by atoms with Crippen LogP contribution in [0.4, 0.5) is 13.2 Å². The summed E-state index contributed by atoms with van der Waals surface area (Å²) in [6, 6.07) is 17.1. The van der Waals surface area contributed by atoms with Crippen molar-refractivity contribution in [3.8, 4) is 17.2 Å². The van der Waals surface area contributed by atoms with Crippen LogP contribution in [0.3, 0.4) is 0 Å². The molecular formula is C28H24F3NO6. The van der Waals surface area contributed by atoms with E-state index in [1.807, 2.05) is 0 Å². The van der Waals surface area contributed by atoms with Crippen molar-refractivity contribution in [3.05, 3.63) is 89.1 Å². The summed E-state index contributed by atoms with van der Waals surface area (Å²) in [4.78, 5) is 24.7. The number of carbonyl (C=O) groups excluding carboxylic acids is 1. The average Bonchev–Trinajstić information content (AvgIpc) is 3.13. The van der Waals surface area contributed by atoms with Crippen LogP contribution in [0.25, 0.3) is 10.9 Å². The molecule has 0 radical (unpaired) electrons. The number of ether oxygens (including phenoxy) is 3. The minimum Gasteiger partial charge on any atom is -0.497 e. The van der Waals surface area contributed by atoms with Crippen molar-refractivity contribution in [2.75, 3.05) is 7.11 Å². The van der Waals surface area contributed by atoms with Gasteiger partial charge < -0.3 is 23.9 Å². The molecule has 1 atom stereocenters. The fourth-order valence-corrected chi connectivity index (χ4v) is 4.19.